The van der Waals surface area contributed by atoms with E-state index in [1.807, 2.05) is 0 Å². The first-order valence-electron chi connectivity index (χ1n) is 5.92. The zero-order chi connectivity index (χ0) is 11.6. The maximum Gasteiger partial charge on any atom is 0.0245 e. The van der Waals surface area contributed by atoms with Gasteiger partial charge in [0.1, 0.15) is 0 Å². The fourth-order valence-corrected chi connectivity index (χ4v) is 2.80. The van der Waals surface area contributed by atoms with Crippen LogP contribution < -0.4 is 0 Å². The van der Waals surface area contributed by atoms with Gasteiger partial charge in [0.05, 0.1) is 0 Å². The van der Waals surface area contributed by atoms with E-state index in [0.717, 1.165) is 17.9 Å². The zero-order valence-electron chi connectivity index (χ0n) is 10.1. The fourth-order valence-electron chi connectivity index (χ4n) is 1.96. The molecular weight excluding hydrogens is 282 g/mol. The highest BCUT2D eigenvalue weighted by Gasteiger charge is 2.32. The molecule has 0 aliphatic heterocycles. The van der Waals surface area contributed by atoms with E-state index in [4.69, 9.17) is 0 Å². The van der Waals surface area contributed by atoms with Gasteiger partial charge in [-0.15, -0.1) is 0 Å². The van der Waals surface area contributed by atoms with Crippen LogP contribution in [0.3, 0.4) is 0 Å². The third-order valence-corrected chi connectivity index (χ3v) is 5.27. The molecule has 0 amide bonds. The minimum absolute atomic E-state index is 0.374. The molecule has 16 heavy (non-hydrogen) atoms. The summed E-state index contributed by atoms with van der Waals surface area (Å²) >= 11 is 5.42. The van der Waals surface area contributed by atoms with Crippen LogP contribution in [-0.4, -0.2) is 22.8 Å². The van der Waals surface area contributed by atoms with Gasteiger partial charge in [-0.25, -0.2) is 0 Å². The second-order valence-electron chi connectivity index (χ2n) is 5.57. The van der Waals surface area contributed by atoms with Gasteiger partial charge in [0.25, 0.3) is 0 Å². The van der Waals surface area contributed by atoms with E-state index in [-0.39, 0.29) is 0 Å². The van der Waals surface area contributed by atoms with Gasteiger partial charge in [-0.3, -0.25) is 4.90 Å². The fraction of sp³-hybridized carbons (Fsp3) is 0.692. The van der Waals surface area contributed by atoms with E-state index in [0.29, 0.717) is 5.41 Å². The Morgan fingerprint density at radius 2 is 2.25 bits per heavy atom. The van der Waals surface area contributed by atoms with Crippen LogP contribution in [0.1, 0.15) is 32.3 Å². The van der Waals surface area contributed by atoms with Gasteiger partial charge in [0.2, 0.25) is 0 Å². The molecule has 0 aromatic carbocycles. The average molecular weight is 302 g/mol. The molecule has 1 aromatic heterocycles. The Morgan fingerprint density at radius 1 is 1.50 bits per heavy atom. The Morgan fingerprint density at radius 3 is 2.75 bits per heavy atom. The van der Waals surface area contributed by atoms with E-state index in [1.165, 1.54) is 24.9 Å². The number of rotatable bonds is 6. The van der Waals surface area contributed by atoms with Crippen molar-refractivity contribution in [3.05, 3.63) is 22.4 Å². The predicted molar refractivity (Wildman–Crippen MR) is 75.3 cm³/mol. The number of thiophene rings is 1. The zero-order valence-corrected chi connectivity index (χ0v) is 12.5. The number of halogens is 1. The van der Waals surface area contributed by atoms with Crippen LogP contribution in [0.4, 0.5) is 0 Å². The molecule has 0 N–H and O–H groups in total. The topological polar surface area (TPSA) is 3.24 Å². The highest BCUT2D eigenvalue weighted by molar-refractivity contribution is 9.09. The standard InChI is InChI=1S/C13H20BrNS/c1-13(2,9-14)10-15(12-3-4-12)7-11-5-6-16-8-11/h5-6,8,12H,3-4,7,9-10H2,1-2H3. The van der Waals surface area contributed by atoms with Gasteiger partial charge >= 0.3 is 0 Å². The molecule has 0 unspecified atom stereocenters. The van der Waals surface area contributed by atoms with E-state index in [1.54, 1.807) is 11.3 Å². The summed E-state index contributed by atoms with van der Waals surface area (Å²) < 4.78 is 0. The van der Waals surface area contributed by atoms with Crippen molar-refractivity contribution in [1.29, 1.82) is 0 Å². The Bertz CT molecular complexity index is 317. The van der Waals surface area contributed by atoms with Crippen LogP contribution in [0.15, 0.2) is 16.8 Å². The molecule has 3 heteroatoms. The summed E-state index contributed by atoms with van der Waals surface area (Å²) in [4.78, 5) is 2.66. The number of alkyl halides is 1. The van der Waals surface area contributed by atoms with Crippen molar-refractivity contribution in [2.24, 2.45) is 5.41 Å². The summed E-state index contributed by atoms with van der Waals surface area (Å²) in [5.74, 6) is 0. The highest BCUT2D eigenvalue weighted by Crippen LogP contribution is 2.32. The largest absolute Gasteiger partial charge is 0.296 e. The maximum atomic E-state index is 3.62. The Hall–Kier alpha value is 0.140. The molecule has 1 fully saturated rings. The van der Waals surface area contributed by atoms with Gasteiger partial charge in [0, 0.05) is 24.5 Å². The molecule has 0 atom stereocenters. The van der Waals surface area contributed by atoms with Crippen LogP contribution >= 0.6 is 27.3 Å². The molecule has 0 radical (unpaired) electrons. The molecule has 1 heterocycles. The molecule has 1 saturated carbocycles. The average Bonchev–Trinajstić information content (AvgIpc) is 2.97. The normalized spacial score (nSPS) is 17.0. The lowest BCUT2D eigenvalue weighted by atomic mass is 9.95. The molecular formula is C13H20BrNS. The Labute approximate surface area is 111 Å². The molecule has 90 valence electrons. The molecule has 0 saturated heterocycles. The first kappa shape index (κ1) is 12.6. The summed E-state index contributed by atoms with van der Waals surface area (Å²) in [5, 5.41) is 5.53. The van der Waals surface area contributed by atoms with Gasteiger partial charge in [-0.1, -0.05) is 29.8 Å². The van der Waals surface area contributed by atoms with E-state index < -0.39 is 0 Å². The third kappa shape index (κ3) is 3.57. The van der Waals surface area contributed by atoms with Gasteiger partial charge in [-0.05, 0) is 40.6 Å². The van der Waals surface area contributed by atoms with E-state index in [2.05, 4.69) is 51.5 Å². The first-order valence-corrected chi connectivity index (χ1v) is 7.98. The summed E-state index contributed by atoms with van der Waals surface area (Å²) in [6.07, 6.45) is 2.78. The van der Waals surface area contributed by atoms with Crippen LogP contribution in [0.2, 0.25) is 0 Å². The minimum atomic E-state index is 0.374. The van der Waals surface area contributed by atoms with Crippen molar-refractivity contribution in [3.8, 4) is 0 Å². The third-order valence-electron chi connectivity index (χ3n) is 3.02. The maximum absolute atomic E-state index is 3.62. The van der Waals surface area contributed by atoms with Crippen molar-refractivity contribution in [1.82, 2.24) is 4.90 Å². The number of nitrogens with zero attached hydrogens (tertiary/aromatic N) is 1. The SMILES string of the molecule is CC(C)(CBr)CN(Cc1ccsc1)C1CC1. The second-order valence-corrected chi connectivity index (χ2v) is 6.91. The van der Waals surface area contributed by atoms with Gasteiger partial charge < -0.3 is 0 Å². The number of hydrogen-bond donors (Lipinski definition) is 0. The molecule has 0 bridgehead atoms. The summed E-state index contributed by atoms with van der Waals surface area (Å²) in [5.41, 5.74) is 1.85. The number of hydrogen-bond acceptors (Lipinski definition) is 2. The summed E-state index contributed by atoms with van der Waals surface area (Å²) in [6.45, 7) is 7.00. The van der Waals surface area contributed by atoms with Crippen molar-refractivity contribution in [2.75, 3.05) is 11.9 Å². The van der Waals surface area contributed by atoms with Gasteiger partial charge in [0.15, 0.2) is 0 Å². The minimum Gasteiger partial charge on any atom is -0.296 e. The predicted octanol–water partition coefficient (Wildman–Crippen LogP) is 4.13. The smallest absolute Gasteiger partial charge is 0.0245 e. The quantitative estimate of drug-likeness (QED) is 0.714. The van der Waals surface area contributed by atoms with E-state index >= 15 is 0 Å². The second kappa shape index (κ2) is 5.19. The van der Waals surface area contributed by atoms with Crippen molar-refractivity contribution >= 4 is 27.3 Å². The Kier molecular flexibility index (Phi) is 4.09. The van der Waals surface area contributed by atoms with Crippen molar-refractivity contribution in [2.45, 2.75) is 39.3 Å². The van der Waals surface area contributed by atoms with Crippen LogP contribution in [0, 0.1) is 5.41 Å². The van der Waals surface area contributed by atoms with E-state index in [9.17, 15) is 0 Å². The lowest BCUT2D eigenvalue weighted by molar-refractivity contribution is 0.179. The molecule has 2 rings (SSSR count). The lowest BCUT2D eigenvalue weighted by Crippen LogP contribution is -2.36. The van der Waals surface area contributed by atoms with Crippen LogP contribution in [0.25, 0.3) is 0 Å². The molecule has 0 spiro atoms. The Balaban J connectivity index is 1.95. The summed E-state index contributed by atoms with van der Waals surface area (Å²) in [6, 6.07) is 3.10. The molecule has 1 aliphatic carbocycles. The van der Waals surface area contributed by atoms with Crippen LogP contribution in [0.5, 0.6) is 0 Å². The first-order chi connectivity index (χ1) is 7.61. The van der Waals surface area contributed by atoms with Gasteiger partial charge in [-0.2, -0.15) is 11.3 Å². The lowest BCUT2D eigenvalue weighted by Gasteiger charge is -2.31. The summed E-state index contributed by atoms with van der Waals surface area (Å²) in [7, 11) is 0. The van der Waals surface area contributed by atoms with Crippen LogP contribution in [-0.2, 0) is 6.54 Å². The van der Waals surface area contributed by atoms with Crippen molar-refractivity contribution < 1.29 is 0 Å². The molecule has 1 aromatic rings. The molecule has 1 aliphatic rings. The monoisotopic (exact) mass is 301 g/mol. The van der Waals surface area contributed by atoms with Crippen molar-refractivity contribution in [3.63, 3.8) is 0 Å². The molecule has 1 nitrogen and oxygen atoms in total. The highest BCUT2D eigenvalue weighted by atomic mass is 79.9.